The molecule has 5 rings (SSSR count). The van der Waals surface area contributed by atoms with E-state index in [1.54, 1.807) is 4.90 Å². The molecule has 1 aliphatic heterocycles. The number of nitrogens with zero attached hydrogens (tertiary/aromatic N) is 3. The van der Waals surface area contributed by atoms with Gasteiger partial charge in [-0.1, -0.05) is 36.4 Å². The zero-order valence-corrected chi connectivity index (χ0v) is 21.7. The summed E-state index contributed by atoms with van der Waals surface area (Å²) >= 11 is 0. The van der Waals surface area contributed by atoms with Gasteiger partial charge in [0.05, 0.1) is 29.9 Å². The van der Waals surface area contributed by atoms with Gasteiger partial charge in [0, 0.05) is 24.1 Å². The molecule has 2 N–H and O–H groups in total. The summed E-state index contributed by atoms with van der Waals surface area (Å²) in [5.74, 6) is 1.16. The molecule has 2 aliphatic rings. The highest BCUT2D eigenvalue weighted by molar-refractivity contribution is 7.89. The molecule has 1 saturated carbocycles. The van der Waals surface area contributed by atoms with E-state index in [4.69, 9.17) is 14.9 Å². The van der Waals surface area contributed by atoms with E-state index in [1.807, 2.05) is 6.07 Å². The summed E-state index contributed by atoms with van der Waals surface area (Å²) in [6.07, 6.45) is 3.87. The Morgan fingerprint density at radius 2 is 1.86 bits per heavy atom. The number of amides is 1. The molecule has 1 amide bonds. The van der Waals surface area contributed by atoms with Crippen molar-refractivity contribution in [3.63, 3.8) is 0 Å². The predicted octanol–water partition coefficient (Wildman–Crippen LogP) is 4.28. The van der Waals surface area contributed by atoms with E-state index in [2.05, 4.69) is 47.9 Å². The zero-order valence-electron chi connectivity index (χ0n) is 20.9. The van der Waals surface area contributed by atoms with E-state index < -0.39 is 15.3 Å². The molecule has 1 fully saturated rings. The van der Waals surface area contributed by atoms with Crippen molar-refractivity contribution in [3.8, 4) is 0 Å². The highest BCUT2D eigenvalue weighted by atomic mass is 32.2. The van der Waals surface area contributed by atoms with Crippen molar-refractivity contribution in [1.82, 2.24) is 14.5 Å². The first-order chi connectivity index (χ1) is 17.3. The summed E-state index contributed by atoms with van der Waals surface area (Å²) in [6.45, 7) is 3.32. The quantitative estimate of drug-likeness (QED) is 0.551. The van der Waals surface area contributed by atoms with Gasteiger partial charge >= 0.3 is 6.09 Å². The summed E-state index contributed by atoms with van der Waals surface area (Å²) < 4.78 is 31.2. The third-order valence-corrected chi connectivity index (χ3v) is 9.24. The molecular formula is C27H34N4O4S. The van der Waals surface area contributed by atoms with E-state index >= 15 is 0 Å². The second kappa shape index (κ2) is 9.86. The number of sulfonamides is 1. The number of nitrogens with two attached hydrogens (primary N) is 1. The van der Waals surface area contributed by atoms with Crippen molar-refractivity contribution in [2.45, 2.75) is 69.2 Å². The van der Waals surface area contributed by atoms with Crippen molar-refractivity contribution < 1.29 is 17.9 Å². The number of primary sulfonamides is 1. The van der Waals surface area contributed by atoms with Gasteiger partial charge in [-0.05, 0) is 62.6 Å². The Balaban J connectivity index is 1.56. The van der Waals surface area contributed by atoms with Crippen LogP contribution in [0.15, 0.2) is 42.5 Å². The Bertz CT molecular complexity index is 1360. The molecule has 2 aromatic carbocycles. The summed E-state index contributed by atoms with van der Waals surface area (Å²) in [7, 11) is -2.12. The summed E-state index contributed by atoms with van der Waals surface area (Å²) in [4.78, 5) is 19.2. The molecule has 8 nitrogen and oxygen atoms in total. The molecule has 0 unspecified atom stereocenters. The van der Waals surface area contributed by atoms with Gasteiger partial charge in [0.25, 0.3) is 0 Å². The molecule has 0 spiro atoms. The molecule has 192 valence electrons. The molecule has 0 radical (unpaired) electrons. The van der Waals surface area contributed by atoms with Crippen molar-refractivity contribution in [3.05, 3.63) is 65.0 Å². The van der Waals surface area contributed by atoms with Gasteiger partial charge < -0.3 is 14.2 Å². The van der Waals surface area contributed by atoms with Crippen molar-refractivity contribution in [2.75, 3.05) is 13.7 Å². The minimum absolute atomic E-state index is 0.154. The Hall–Kier alpha value is -2.91. The van der Waals surface area contributed by atoms with Gasteiger partial charge in [-0.25, -0.2) is 23.3 Å². The Kier molecular flexibility index (Phi) is 6.78. The molecule has 1 atom stereocenters. The SMILES string of the molecule is COC(=O)N1CCc2ccc3c(nc([C@H]4CC[C@@H](S(N)(=O)=O)CC4)n3[C@@H](C)Cc3ccccc3)c2C1. The van der Waals surface area contributed by atoms with Crippen molar-refractivity contribution in [2.24, 2.45) is 5.14 Å². The van der Waals surface area contributed by atoms with Crippen molar-refractivity contribution >= 4 is 27.1 Å². The molecule has 0 saturated heterocycles. The number of carbonyl (C=O) groups excluding carboxylic acids is 1. The van der Waals surface area contributed by atoms with Gasteiger partial charge in [-0.3, -0.25) is 0 Å². The molecule has 9 heteroatoms. The van der Waals surface area contributed by atoms with Crippen LogP contribution in [0.5, 0.6) is 0 Å². The molecule has 3 aromatic rings. The van der Waals surface area contributed by atoms with Crippen molar-refractivity contribution in [1.29, 1.82) is 0 Å². The minimum atomic E-state index is -3.53. The fourth-order valence-electron chi connectivity index (χ4n) is 5.94. The van der Waals surface area contributed by atoms with Crippen LogP contribution >= 0.6 is 0 Å². The standard InChI is InChI=1S/C27H34N4O4S/c1-18(16-19-6-4-3-5-7-19)31-24-13-10-20-14-15-30(27(32)35-2)17-23(20)25(24)29-26(31)21-8-11-22(12-9-21)36(28,33)34/h3-7,10,13,18,21-22H,8-9,11-12,14-17H2,1-2H3,(H2,28,33,34)/t18-,21-,22+/m0/s1. The third-order valence-electron chi connectivity index (χ3n) is 7.84. The smallest absolute Gasteiger partial charge is 0.409 e. The number of hydrogen-bond acceptors (Lipinski definition) is 5. The molecule has 1 aromatic heterocycles. The fraction of sp³-hybridized carbons (Fsp3) is 0.481. The lowest BCUT2D eigenvalue weighted by molar-refractivity contribution is 0.119. The van der Waals surface area contributed by atoms with Gasteiger partial charge in [-0.15, -0.1) is 0 Å². The largest absolute Gasteiger partial charge is 0.453 e. The normalized spacial score (nSPS) is 21.2. The lowest BCUT2D eigenvalue weighted by Gasteiger charge is -2.29. The fourth-order valence-corrected chi connectivity index (χ4v) is 6.87. The van der Waals surface area contributed by atoms with E-state index in [1.165, 1.54) is 18.2 Å². The number of aromatic nitrogens is 2. The van der Waals surface area contributed by atoms with Gasteiger partial charge in [0.1, 0.15) is 5.82 Å². The van der Waals surface area contributed by atoms with E-state index in [0.29, 0.717) is 25.9 Å². The highest BCUT2D eigenvalue weighted by Crippen LogP contribution is 2.39. The Labute approximate surface area is 212 Å². The van der Waals surface area contributed by atoms with Gasteiger partial charge in [0.15, 0.2) is 0 Å². The lowest BCUT2D eigenvalue weighted by atomic mass is 9.88. The number of carbonyl (C=O) groups is 1. The number of benzene rings is 2. The van der Waals surface area contributed by atoms with E-state index in [0.717, 1.165) is 48.1 Å². The third kappa shape index (κ3) is 4.74. The maximum atomic E-state index is 12.3. The van der Waals surface area contributed by atoms with E-state index in [-0.39, 0.29) is 18.1 Å². The van der Waals surface area contributed by atoms with Crippen LogP contribution in [0.4, 0.5) is 4.79 Å². The second-order valence-corrected chi connectivity index (χ2v) is 12.0. The average molecular weight is 511 g/mol. The first-order valence-electron chi connectivity index (χ1n) is 12.7. The number of hydrogen-bond donors (Lipinski definition) is 1. The number of ether oxygens (including phenoxy) is 1. The Morgan fingerprint density at radius 3 is 2.53 bits per heavy atom. The number of methoxy groups -OCH3 is 1. The topological polar surface area (TPSA) is 108 Å². The van der Waals surface area contributed by atoms with Crippen LogP contribution in [-0.2, 0) is 34.1 Å². The monoisotopic (exact) mass is 510 g/mol. The molecule has 36 heavy (non-hydrogen) atoms. The molecule has 2 heterocycles. The first-order valence-corrected chi connectivity index (χ1v) is 14.3. The zero-order chi connectivity index (χ0) is 25.4. The number of fused-ring (bicyclic) bond motifs is 3. The van der Waals surface area contributed by atoms with Crippen LogP contribution in [0.25, 0.3) is 11.0 Å². The van der Waals surface area contributed by atoms with Gasteiger partial charge in [0.2, 0.25) is 10.0 Å². The van der Waals surface area contributed by atoms with Crippen LogP contribution in [0, 0.1) is 0 Å². The second-order valence-electron chi connectivity index (χ2n) is 10.2. The summed E-state index contributed by atoms with van der Waals surface area (Å²) in [6, 6.07) is 14.9. The van der Waals surface area contributed by atoms with Crippen LogP contribution in [-0.4, -0.2) is 47.9 Å². The molecule has 0 bridgehead atoms. The maximum absolute atomic E-state index is 12.3. The van der Waals surface area contributed by atoms with E-state index in [9.17, 15) is 13.2 Å². The highest BCUT2D eigenvalue weighted by Gasteiger charge is 2.33. The van der Waals surface area contributed by atoms with Crippen LogP contribution in [0.3, 0.4) is 0 Å². The van der Waals surface area contributed by atoms with Crippen LogP contribution < -0.4 is 5.14 Å². The maximum Gasteiger partial charge on any atom is 0.409 e. The number of rotatable bonds is 5. The Morgan fingerprint density at radius 1 is 1.14 bits per heavy atom. The lowest BCUT2D eigenvalue weighted by Crippen LogP contribution is -2.35. The van der Waals surface area contributed by atoms with Gasteiger partial charge in [-0.2, -0.15) is 0 Å². The number of imidazole rings is 1. The van der Waals surface area contributed by atoms with Crippen LogP contribution in [0.2, 0.25) is 0 Å². The predicted molar refractivity (Wildman–Crippen MR) is 139 cm³/mol. The summed E-state index contributed by atoms with van der Waals surface area (Å²) in [5.41, 5.74) is 5.55. The molecular weight excluding hydrogens is 476 g/mol. The van der Waals surface area contributed by atoms with Crippen LogP contribution in [0.1, 0.15) is 67.1 Å². The minimum Gasteiger partial charge on any atom is -0.453 e. The first kappa shape index (κ1) is 24.8. The molecule has 1 aliphatic carbocycles. The average Bonchev–Trinajstić information content (AvgIpc) is 3.28. The summed E-state index contributed by atoms with van der Waals surface area (Å²) in [5, 5.41) is 4.98.